The molecule has 38 heavy (non-hydrogen) atoms. The van der Waals surface area contributed by atoms with Gasteiger partial charge in [-0.1, -0.05) is 17.7 Å². The summed E-state index contributed by atoms with van der Waals surface area (Å²) in [6.45, 7) is 0.822. The maximum atomic E-state index is 12.6. The summed E-state index contributed by atoms with van der Waals surface area (Å²) in [6.07, 6.45) is 4.93. The molecule has 1 atom stereocenters. The Hall–Kier alpha value is -3.60. The van der Waals surface area contributed by atoms with Crippen molar-refractivity contribution in [2.24, 2.45) is 0 Å². The molecule has 0 radical (unpaired) electrons. The van der Waals surface area contributed by atoms with Crippen LogP contribution in [0.2, 0.25) is 5.02 Å². The van der Waals surface area contributed by atoms with E-state index in [0.29, 0.717) is 53.0 Å². The van der Waals surface area contributed by atoms with E-state index in [0.717, 1.165) is 5.52 Å². The molecule has 0 aliphatic carbocycles. The molecule has 1 aromatic carbocycles. The van der Waals surface area contributed by atoms with Crippen LogP contribution in [0.4, 0.5) is 27.4 Å². The fourth-order valence-electron chi connectivity index (χ4n) is 3.83. The van der Waals surface area contributed by atoms with Crippen LogP contribution in [0.1, 0.15) is 0 Å². The Bertz CT molecular complexity index is 1420. The second kappa shape index (κ2) is 12.8. The predicted octanol–water partition coefficient (Wildman–Crippen LogP) is 4.50. The van der Waals surface area contributed by atoms with E-state index in [9.17, 15) is 14.5 Å². The van der Waals surface area contributed by atoms with Gasteiger partial charge in [0.25, 0.3) is 5.69 Å². The largest absolute Gasteiger partial charge is 0.494 e. The molecule has 1 N–H and O–H groups in total. The summed E-state index contributed by atoms with van der Waals surface area (Å²) >= 11 is 6.41. The predicted molar refractivity (Wildman–Crippen MR) is 152 cm³/mol. The lowest BCUT2D eigenvalue weighted by molar-refractivity contribution is -0.384. The number of alkyl halides is 1. The van der Waals surface area contributed by atoms with Crippen LogP contribution in [0.3, 0.4) is 0 Å². The number of likely N-dealkylation sites (N-methyl/N-ethyl adjacent to an activating group) is 2. The van der Waals surface area contributed by atoms with Gasteiger partial charge >= 0.3 is 0 Å². The molecule has 0 bridgehead atoms. The first-order chi connectivity index (χ1) is 17.8. The maximum absolute atomic E-state index is 12.6. The van der Waals surface area contributed by atoms with Gasteiger partial charge in [0.05, 0.1) is 46.3 Å². The van der Waals surface area contributed by atoms with Crippen molar-refractivity contribution in [3.63, 3.8) is 0 Å². The van der Waals surface area contributed by atoms with E-state index in [1.54, 1.807) is 35.8 Å². The zero-order chi connectivity index (χ0) is 26.5. The number of methoxy groups -OCH3 is 1. The smallest absolute Gasteiger partial charge is 0.294 e. The third kappa shape index (κ3) is 6.27. The Morgan fingerprint density at radius 2 is 2.00 bits per heavy atom. The first-order valence-corrected chi connectivity index (χ1v) is 11.7. The average Bonchev–Trinajstić information content (AvgIpc) is 3.32. The normalized spacial score (nSPS) is 10.9. The summed E-state index contributed by atoms with van der Waals surface area (Å²) in [5.41, 5.74) is 2.54. The van der Waals surface area contributed by atoms with Crippen molar-refractivity contribution in [1.82, 2.24) is 24.5 Å². The molecule has 0 aliphatic heterocycles. The quantitative estimate of drug-likeness (QED) is 0.160. The van der Waals surface area contributed by atoms with Crippen LogP contribution in [-0.2, 0) is 0 Å². The third-order valence-corrected chi connectivity index (χ3v) is 6.14. The summed E-state index contributed by atoms with van der Waals surface area (Å²) < 4.78 is 19.8. The number of hydrogen-bond donors (Lipinski definition) is 1. The molecule has 11 nitrogen and oxygen atoms in total. The van der Waals surface area contributed by atoms with Crippen molar-refractivity contribution in [3.05, 3.63) is 64.1 Å². The van der Waals surface area contributed by atoms with Crippen LogP contribution in [0.15, 0.2) is 48.9 Å². The van der Waals surface area contributed by atoms with Crippen molar-refractivity contribution in [1.29, 1.82) is 0 Å². The summed E-state index contributed by atoms with van der Waals surface area (Å²) in [5, 5.41) is 19.6. The fourth-order valence-corrected chi connectivity index (χ4v) is 4.02. The van der Waals surface area contributed by atoms with Gasteiger partial charge in [0.1, 0.15) is 18.1 Å². The third-order valence-electron chi connectivity index (χ3n) is 5.86. The van der Waals surface area contributed by atoms with Crippen LogP contribution in [0.25, 0.3) is 16.8 Å². The lowest BCUT2D eigenvalue weighted by Gasteiger charge is -2.24. The van der Waals surface area contributed by atoms with Gasteiger partial charge in [-0.3, -0.25) is 10.1 Å². The molecule has 0 fully saturated rings. The minimum absolute atomic E-state index is 0. The van der Waals surface area contributed by atoms with E-state index in [1.807, 2.05) is 29.3 Å². The van der Waals surface area contributed by atoms with Crippen molar-refractivity contribution in [3.8, 4) is 17.0 Å². The monoisotopic (exact) mass is 562 g/mol. The van der Waals surface area contributed by atoms with E-state index in [1.165, 1.54) is 19.4 Å². The number of rotatable bonds is 11. The summed E-state index contributed by atoms with van der Waals surface area (Å²) in [7, 11) is 5.00. The number of benzene rings is 1. The molecular formula is C24H29ClFN8O3P. The molecule has 3 heterocycles. The average molecular weight is 563 g/mol. The lowest BCUT2D eigenvalue weighted by atomic mass is 10.2. The first-order valence-electron chi connectivity index (χ1n) is 11.4. The molecule has 14 heteroatoms. The molecule has 4 aromatic rings. The second-order valence-electron chi connectivity index (χ2n) is 8.32. The lowest BCUT2D eigenvalue weighted by Crippen LogP contribution is -2.32. The second-order valence-corrected chi connectivity index (χ2v) is 8.72. The number of halogens is 2. The van der Waals surface area contributed by atoms with Gasteiger partial charge in [0.15, 0.2) is 0 Å². The highest BCUT2D eigenvalue weighted by Crippen LogP contribution is 2.39. The molecule has 0 amide bonds. The number of nitro groups is 1. The number of nitrogens with zero attached hydrogens (tertiary/aromatic N) is 7. The number of fused-ring (bicyclic) bond motifs is 1. The Kier molecular flexibility index (Phi) is 9.73. The summed E-state index contributed by atoms with van der Waals surface area (Å²) in [5.74, 6) is 0.539. The minimum Gasteiger partial charge on any atom is -0.494 e. The standard InChI is InChI=1S/C24H26ClFN8O3.H3P/c1-31(9-7-26)10-11-32(2)20-13-22(37-3)18(12-21(20)34(35)36)29-24-27-15-17(25)23(30-24)16-14-28-33-8-5-4-6-19(16)33;/h4-6,8,12-15H,7,9-11H2,1-3H3,(H,27,29,30);1H3. The van der Waals surface area contributed by atoms with Gasteiger partial charge in [0.2, 0.25) is 5.95 Å². The van der Waals surface area contributed by atoms with Crippen LogP contribution >= 0.6 is 21.5 Å². The number of nitrogens with one attached hydrogen (secondary N) is 1. The van der Waals surface area contributed by atoms with Gasteiger partial charge in [-0.05, 0) is 19.2 Å². The number of hydrogen-bond acceptors (Lipinski definition) is 9. The molecule has 1 unspecified atom stereocenters. The first kappa shape index (κ1) is 29.0. The van der Waals surface area contributed by atoms with Crippen LogP contribution in [-0.4, -0.2) is 76.9 Å². The van der Waals surface area contributed by atoms with E-state index in [-0.39, 0.29) is 21.5 Å². The van der Waals surface area contributed by atoms with Gasteiger partial charge in [-0.2, -0.15) is 15.0 Å². The molecule has 0 spiro atoms. The number of nitro benzene ring substituents is 1. The van der Waals surface area contributed by atoms with E-state index < -0.39 is 11.6 Å². The van der Waals surface area contributed by atoms with Crippen molar-refractivity contribution in [2.45, 2.75) is 0 Å². The molecule has 0 saturated heterocycles. The molecular weight excluding hydrogens is 534 g/mol. The van der Waals surface area contributed by atoms with Crippen LogP contribution in [0, 0.1) is 10.1 Å². The van der Waals surface area contributed by atoms with E-state index >= 15 is 0 Å². The van der Waals surface area contributed by atoms with Gasteiger partial charge in [-0.15, -0.1) is 0 Å². The van der Waals surface area contributed by atoms with Crippen molar-refractivity contribution in [2.75, 3.05) is 57.7 Å². The number of pyridine rings is 1. The highest BCUT2D eigenvalue weighted by atomic mass is 35.5. The van der Waals surface area contributed by atoms with Gasteiger partial charge < -0.3 is 19.9 Å². The Balaban J connectivity index is 0.00000400. The molecule has 202 valence electrons. The molecule has 4 rings (SSSR count). The number of aromatic nitrogens is 4. The maximum Gasteiger partial charge on any atom is 0.294 e. The van der Waals surface area contributed by atoms with Crippen LogP contribution < -0.4 is 15.0 Å². The van der Waals surface area contributed by atoms with E-state index in [2.05, 4.69) is 20.4 Å². The summed E-state index contributed by atoms with van der Waals surface area (Å²) in [4.78, 5) is 23.8. The van der Waals surface area contributed by atoms with E-state index in [4.69, 9.17) is 16.3 Å². The Morgan fingerprint density at radius 3 is 2.71 bits per heavy atom. The minimum atomic E-state index is -0.463. The van der Waals surface area contributed by atoms with Crippen LogP contribution in [0.5, 0.6) is 5.75 Å². The van der Waals surface area contributed by atoms with Crippen molar-refractivity contribution < 1.29 is 14.1 Å². The SMILES string of the molecule is COc1cc(N(C)CCN(C)CCF)c([N+](=O)[O-])cc1Nc1ncc(Cl)c(-c2cnn3ccccc23)n1.P. The zero-order valence-electron chi connectivity index (χ0n) is 21.3. The topological polar surface area (TPSA) is 114 Å². The number of anilines is 3. The Labute approximate surface area is 227 Å². The van der Waals surface area contributed by atoms with Crippen molar-refractivity contribution >= 4 is 50.0 Å². The van der Waals surface area contributed by atoms with Gasteiger partial charge in [0, 0.05) is 50.6 Å². The summed E-state index contributed by atoms with van der Waals surface area (Å²) in [6, 6.07) is 8.60. The highest BCUT2D eigenvalue weighted by molar-refractivity contribution is 6.92. The Morgan fingerprint density at radius 1 is 1.21 bits per heavy atom. The number of ether oxygens (including phenoxy) is 1. The zero-order valence-corrected chi connectivity index (χ0v) is 23.4. The molecule has 3 aromatic heterocycles. The fraction of sp³-hybridized carbons (Fsp3) is 0.292. The molecule has 0 aliphatic rings. The highest BCUT2D eigenvalue weighted by Gasteiger charge is 2.23. The van der Waals surface area contributed by atoms with Gasteiger partial charge in [-0.25, -0.2) is 18.9 Å². The molecule has 0 saturated carbocycles.